The Labute approximate surface area is 120 Å². The van der Waals surface area contributed by atoms with E-state index >= 15 is 0 Å². The highest BCUT2D eigenvalue weighted by Crippen LogP contribution is 2.64. The van der Waals surface area contributed by atoms with E-state index in [1.54, 1.807) is 41.5 Å². The van der Waals surface area contributed by atoms with Gasteiger partial charge in [-0.3, -0.25) is 0 Å². The van der Waals surface area contributed by atoms with E-state index < -0.39 is 23.0 Å². The SMILES string of the molecule is CC(C)OC1(C)C(OC(C)C)(OC(C)C)C1(O)C(=O)O. The van der Waals surface area contributed by atoms with E-state index in [9.17, 15) is 15.0 Å². The molecule has 0 spiro atoms. The lowest BCUT2D eigenvalue weighted by Crippen LogP contribution is -2.40. The minimum atomic E-state index is -2.24. The van der Waals surface area contributed by atoms with Crippen LogP contribution in [0.4, 0.5) is 0 Å². The maximum atomic E-state index is 11.6. The second kappa shape index (κ2) is 5.26. The number of carbonyl (C=O) groups is 1. The molecule has 0 saturated heterocycles. The quantitative estimate of drug-likeness (QED) is 0.692. The maximum Gasteiger partial charge on any atom is 0.344 e. The summed E-state index contributed by atoms with van der Waals surface area (Å²) < 4.78 is 17.0. The van der Waals surface area contributed by atoms with Gasteiger partial charge in [0.25, 0.3) is 5.60 Å². The van der Waals surface area contributed by atoms with E-state index in [-0.39, 0.29) is 18.3 Å². The van der Waals surface area contributed by atoms with Gasteiger partial charge in [0.2, 0.25) is 5.79 Å². The standard InChI is InChI=1S/C14H26O6/c1-8(2)18-12(7)13(17,11(15)16)14(12,19-9(3)4)20-10(5)6/h8-10,17H,1-7H3,(H,15,16). The summed E-state index contributed by atoms with van der Waals surface area (Å²) in [6.45, 7) is 12.0. The van der Waals surface area contributed by atoms with Crippen molar-refractivity contribution < 1.29 is 29.2 Å². The fourth-order valence-corrected chi connectivity index (χ4v) is 2.67. The minimum absolute atomic E-state index is 0.278. The Bertz CT molecular complexity index is 368. The molecule has 6 nitrogen and oxygen atoms in total. The summed E-state index contributed by atoms with van der Waals surface area (Å²) in [4.78, 5) is 11.6. The van der Waals surface area contributed by atoms with Gasteiger partial charge in [-0.25, -0.2) is 4.79 Å². The summed E-state index contributed by atoms with van der Waals surface area (Å²) in [6.07, 6.45) is -0.923. The number of ether oxygens (including phenoxy) is 3. The fraction of sp³-hybridized carbons (Fsp3) is 0.929. The summed E-state index contributed by atoms with van der Waals surface area (Å²) in [7, 11) is 0. The molecule has 1 fully saturated rings. The summed E-state index contributed by atoms with van der Waals surface area (Å²) in [5.74, 6) is -3.12. The molecule has 118 valence electrons. The molecule has 0 aromatic heterocycles. The molecule has 2 atom stereocenters. The molecule has 20 heavy (non-hydrogen) atoms. The van der Waals surface area contributed by atoms with E-state index in [1.165, 1.54) is 6.92 Å². The Kier molecular flexibility index (Phi) is 4.56. The van der Waals surface area contributed by atoms with Crippen molar-refractivity contribution in [3.63, 3.8) is 0 Å². The maximum absolute atomic E-state index is 11.6. The van der Waals surface area contributed by atoms with Crippen molar-refractivity contribution in [1.82, 2.24) is 0 Å². The van der Waals surface area contributed by atoms with Crippen LogP contribution in [-0.2, 0) is 19.0 Å². The molecule has 0 aromatic carbocycles. The molecule has 0 radical (unpaired) electrons. The second-order valence-electron chi connectivity index (χ2n) is 6.17. The van der Waals surface area contributed by atoms with Crippen LogP contribution < -0.4 is 0 Å². The first-order valence-corrected chi connectivity index (χ1v) is 6.93. The van der Waals surface area contributed by atoms with E-state index in [0.717, 1.165) is 0 Å². The lowest BCUT2D eigenvalue weighted by atomic mass is 10.2. The van der Waals surface area contributed by atoms with Crippen molar-refractivity contribution in [3.05, 3.63) is 0 Å². The lowest BCUT2D eigenvalue weighted by molar-refractivity contribution is -0.258. The van der Waals surface area contributed by atoms with Gasteiger partial charge in [-0.15, -0.1) is 0 Å². The first-order chi connectivity index (χ1) is 8.94. The highest BCUT2D eigenvalue weighted by Gasteiger charge is 2.95. The van der Waals surface area contributed by atoms with Gasteiger partial charge >= 0.3 is 5.97 Å². The number of aliphatic carboxylic acids is 1. The molecule has 6 heteroatoms. The van der Waals surface area contributed by atoms with Crippen molar-refractivity contribution in [2.24, 2.45) is 0 Å². The second-order valence-corrected chi connectivity index (χ2v) is 6.17. The predicted molar refractivity (Wildman–Crippen MR) is 72.4 cm³/mol. The summed E-state index contributed by atoms with van der Waals surface area (Å²) in [5.41, 5.74) is -3.70. The van der Waals surface area contributed by atoms with Gasteiger partial charge in [0.15, 0.2) is 5.60 Å². The monoisotopic (exact) mass is 290 g/mol. The fourth-order valence-electron chi connectivity index (χ4n) is 2.67. The number of aliphatic hydroxyl groups is 1. The van der Waals surface area contributed by atoms with Crippen LogP contribution in [0.15, 0.2) is 0 Å². The van der Waals surface area contributed by atoms with Crippen LogP contribution in [0.1, 0.15) is 48.5 Å². The van der Waals surface area contributed by atoms with Crippen LogP contribution in [0, 0.1) is 0 Å². The molecular weight excluding hydrogens is 264 g/mol. The predicted octanol–water partition coefficient (Wildman–Crippen LogP) is 1.55. The van der Waals surface area contributed by atoms with Gasteiger partial charge in [-0.2, -0.15) is 0 Å². The Balaban J connectivity index is 3.27. The Hall–Kier alpha value is -0.690. The van der Waals surface area contributed by atoms with Gasteiger partial charge in [-0.05, 0) is 48.5 Å². The van der Waals surface area contributed by atoms with Gasteiger partial charge in [-0.1, -0.05) is 0 Å². The Morgan fingerprint density at radius 1 is 0.900 bits per heavy atom. The van der Waals surface area contributed by atoms with Gasteiger partial charge in [0.1, 0.15) is 0 Å². The largest absolute Gasteiger partial charge is 0.479 e. The van der Waals surface area contributed by atoms with Crippen molar-refractivity contribution >= 4 is 5.97 Å². The molecule has 2 unspecified atom stereocenters. The number of hydrogen-bond acceptors (Lipinski definition) is 5. The minimum Gasteiger partial charge on any atom is -0.479 e. The van der Waals surface area contributed by atoms with E-state index in [0.29, 0.717) is 0 Å². The van der Waals surface area contributed by atoms with Crippen molar-refractivity contribution in [1.29, 1.82) is 0 Å². The molecule has 0 aliphatic heterocycles. The van der Waals surface area contributed by atoms with Crippen LogP contribution in [0.25, 0.3) is 0 Å². The van der Waals surface area contributed by atoms with Crippen LogP contribution >= 0.6 is 0 Å². The van der Waals surface area contributed by atoms with Crippen LogP contribution in [0.3, 0.4) is 0 Å². The third-order valence-electron chi connectivity index (χ3n) is 3.32. The number of hydrogen-bond donors (Lipinski definition) is 2. The Morgan fingerprint density at radius 3 is 1.50 bits per heavy atom. The highest BCUT2D eigenvalue weighted by atomic mass is 16.8. The topological polar surface area (TPSA) is 85.2 Å². The van der Waals surface area contributed by atoms with Gasteiger partial charge in [0.05, 0.1) is 18.3 Å². The zero-order valence-corrected chi connectivity index (χ0v) is 13.3. The Morgan fingerprint density at radius 2 is 1.25 bits per heavy atom. The summed E-state index contributed by atoms with van der Waals surface area (Å²) >= 11 is 0. The third kappa shape index (κ3) is 2.24. The molecule has 2 N–H and O–H groups in total. The number of carboxylic acid groups (broad SMARTS) is 1. The number of carboxylic acids is 1. The van der Waals surface area contributed by atoms with E-state index in [4.69, 9.17) is 14.2 Å². The summed E-state index contributed by atoms with van der Waals surface area (Å²) in [6, 6.07) is 0. The molecule has 0 amide bonds. The smallest absolute Gasteiger partial charge is 0.344 e. The third-order valence-corrected chi connectivity index (χ3v) is 3.32. The first-order valence-electron chi connectivity index (χ1n) is 6.93. The number of rotatable bonds is 7. The van der Waals surface area contributed by atoms with Crippen LogP contribution in [-0.4, -0.2) is 51.5 Å². The van der Waals surface area contributed by atoms with Gasteiger partial charge in [0, 0.05) is 0 Å². The van der Waals surface area contributed by atoms with Crippen LogP contribution in [0.5, 0.6) is 0 Å². The molecule has 0 aromatic rings. The average Bonchev–Trinajstić information content (AvgIpc) is 2.58. The normalized spacial score (nSPS) is 32.1. The highest BCUT2D eigenvalue weighted by molar-refractivity contribution is 5.87. The van der Waals surface area contributed by atoms with Gasteiger partial charge < -0.3 is 24.4 Å². The molecule has 0 bridgehead atoms. The van der Waals surface area contributed by atoms with E-state index in [1.807, 2.05) is 0 Å². The van der Waals surface area contributed by atoms with Crippen molar-refractivity contribution in [2.45, 2.75) is 83.8 Å². The molecule has 1 aliphatic carbocycles. The van der Waals surface area contributed by atoms with Crippen LogP contribution in [0.2, 0.25) is 0 Å². The van der Waals surface area contributed by atoms with E-state index in [2.05, 4.69) is 0 Å². The summed E-state index contributed by atoms with van der Waals surface area (Å²) in [5, 5.41) is 20.0. The molecular formula is C14H26O6. The first kappa shape index (κ1) is 17.4. The zero-order chi connectivity index (χ0) is 15.9. The zero-order valence-electron chi connectivity index (χ0n) is 13.3. The van der Waals surface area contributed by atoms with Crippen molar-refractivity contribution in [2.75, 3.05) is 0 Å². The molecule has 1 saturated carbocycles. The molecule has 0 heterocycles. The molecule has 1 rings (SSSR count). The molecule has 1 aliphatic rings. The lowest BCUT2D eigenvalue weighted by Gasteiger charge is -2.27. The average molecular weight is 290 g/mol. The van der Waals surface area contributed by atoms with Crippen molar-refractivity contribution in [3.8, 4) is 0 Å².